The standard InChI is InChI=1S/C13H16ClNOS.C6H5Cl/c1-17-8-10-4-7-12(15-13(10)16)9-2-5-11(14)6-3-9;7-6-4-2-1-3-5-6/h2-3,5-6,10,12H,4,7-8H2,1H3,(H,15,16);1-5H. The summed E-state index contributed by atoms with van der Waals surface area (Å²) in [6, 6.07) is 17.3. The van der Waals surface area contributed by atoms with Gasteiger partial charge in [-0.25, -0.2) is 0 Å². The maximum absolute atomic E-state index is 11.9. The number of thioether (sulfide) groups is 1. The molecule has 5 heteroatoms. The molecule has 3 rings (SSSR count). The Morgan fingerprint density at radius 1 is 1.00 bits per heavy atom. The second-order valence-corrected chi connectivity index (χ2v) is 7.42. The summed E-state index contributed by atoms with van der Waals surface area (Å²) in [6.07, 6.45) is 4.02. The minimum atomic E-state index is 0.151. The van der Waals surface area contributed by atoms with Crippen LogP contribution in [0.15, 0.2) is 54.6 Å². The lowest BCUT2D eigenvalue weighted by atomic mass is 9.91. The van der Waals surface area contributed by atoms with Gasteiger partial charge in [-0.2, -0.15) is 11.8 Å². The molecular formula is C19H21Cl2NOS. The molecule has 0 aromatic heterocycles. The number of hydrogen-bond acceptors (Lipinski definition) is 2. The number of halogens is 2. The van der Waals surface area contributed by atoms with Gasteiger partial charge in [0.05, 0.1) is 6.04 Å². The summed E-state index contributed by atoms with van der Waals surface area (Å²) >= 11 is 13.1. The SMILES string of the molecule is CSCC1CCC(c2ccc(Cl)cc2)NC1=O.Clc1ccccc1. The first-order valence-electron chi connectivity index (χ1n) is 7.85. The molecule has 0 radical (unpaired) electrons. The van der Waals surface area contributed by atoms with Crippen LogP contribution in [0.2, 0.25) is 10.0 Å². The summed E-state index contributed by atoms with van der Waals surface area (Å²) in [5, 5.41) is 4.62. The van der Waals surface area contributed by atoms with Gasteiger partial charge in [0.1, 0.15) is 0 Å². The van der Waals surface area contributed by atoms with E-state index in [-0.39, 0.29) is 17.9 Å². The molecule has 0 bridgehead atoms. The van der Waals surface area contributed by atoms with Crippen LogP contribution in [0.3, 0.4) is 0 Å². The Morgan fingerprint density at radius 2 is 1.62 bits per heavy atom. The molecule has 1 aliphatic rings. The van der Waals surface area contributed by atoms with Crippen LogP contribution >= 0.6 is 35.0 Å². The number of amides is 1. The average molecular weight is 382 g/mol. The summed E-state index contributed by atoms with van der Waals surface area (Å²) in [7, 11) is 0. The van der Waals surface area contributed by atoms with E-state index in [0.717, 1.165) is 34.2 Å². The zero-order valence-electron chi connectivity index (χ0n) is 13.5. The second kappa shape index (κ2) is 9.97. The number of rotatable bonds is 3. The predicted molar refractivity (Wildman–Crippen MR) is 105 cm³/mol. The fourth-order valence-corrected chi connectivity index (χ4v) is 3.57. The van der Waals surface area contributed by atoms with Crippen LogP contribution in [0.5, 0.6) is 0 Å². The highest BCUT2D eigenvalue weighted by atomic mass is 35.5. The van der Waals surface area contributed by atoms with Gasteiger partial charge >= 0.3 is 0 Å². The highest BCUT2D eigenvalue weighted by molar-refractivity contribution is 7.98. The Balaban J connectivity index is 0.000000249. The van der Waals surface area contributed by atoms with Crippen molar-refractivity contribution in [2.24, 2.45) is 5.92 Å². The van der Waals surface area contributed by atoms with Gasteiger partial charge < -0.3 is 5.32 Å². The van der Waals surface area contributed by atoms with Crippen LogP contribution in [0, 0.1) is 5.92 Å². The van der Waals surface area contributed by atoms with E-state index >= 15 is 0 Å². The van der Waals surface area contributed by atoms with Crippen molar-refractivity contribution >= 4 is 40.9 Å². The molecule has 0 saturated carbocycles. The highest BCUT2D eigenvalue weighted by Crippen LogP contribution is 2.28. The lowest BCUT2D eigenvalue weighted by Crippen LogP contribution is -2.40. The summed E-state index contributed by atoms with van der Waals surface area (Å²) in [4.78, 5) is 11.9. The predicted octanol–water partition coefficient (Wildman–Crippen LogP) is 5.61. The molecule has 1 heterocycles. The molecule has 0 spiro atoms. The van der Waals surface area contributed by atoms with Crippen molar-refractivity contribution in [1.82, 2.24) is 5.32 Å². The van der Waals surface area contributed by atoms with Crippen LogP contribution in [-0.4, -0.2) is 17.9 Å². The van der Waals surface area contributed by atoms with Gasteiger partial charge in [0.2, 0.25) is 5.91 Å². The third-order valence-electron chi connectivity index (χ3n) is 3.86. The van der Waals surface area contributed by atoms with Crippen molar-refractivity contribution in [2.75, 3.05) is 12.0 Å². The van der Waals surface area contributed by atoms with E-state index in [0.29, 0.717) is 0 Å². The molecule has 128 valence electrons. The topological polar surface area (TPSA) is 29.1 Å². The van der Waals surface area contributed by atoms with Crippen molar-refractivity contribution in [1.29, 1.82) is 0 Å². The first-order valence-corrected chi connectivity index (χ1v) is 10.0. The van der Waals surface area contributed by atoms with E-state index in [2.05, 4.69) is 5.32 Å². The Labute approximate surface area is 157 Å². The molecule has 2 unspecified atom stereocenters. The molecule has 2 aromatic rings. The van der Waals surface area contributed by atoms with Crippen molar-refractivity contribution in [3.8, 4) is 0 Å². The maximum atomic E-state index is 11.9. The average Bonchev–Trinajstić information content (AvgIpc) is 2.59. The summed E-state index contributed by atoms with van der Waals surface area (Å²) in [6.45, 7) is 0. The van der Waals surface area contributed by atoms with Gasteiger partial charge in [0, 0.05) is 21.7 Å². The number of benzene rings is 2. The molecule has 2 aromatic carbocycles. The molecule has 24 heavy (non-hydrogen) atoms. The number of carbonyl (C=O) groups is 1. The van der Waals surface area contributed by atoms with Gasteiger partial charge in [-0.3, -0.25) is 4.79 Å². The maximum Gasteiger partial charge on any atom is 0.224 e. The molecule has 1 aliphatic heterocycles. The van der Waals surface area contributed by atoms with E-state index in [1.807, 2.05) is 60.9 Å². The molecule has 1 N–H and O–H groups in total. The minimum Gasteiger partial charge on any atom is -0.349 e. The first-order chi connectivity index (χ1) is 11.6. The van der Waals surface area contributed by atoms with Gasteiger partial charge in [-0.1, -0.05) is 53.5 Å². The van der Waals surface area contributed by atoms with Gasteiger partial charge in [-0.05, 0) is 48.9 Å². The molecule has 2 atom stereocenters. The smallest absolute Gasteiger partial charge is 0.224 e. The molecule has 2 nitrogen and oxygen atoms in total. The van der Waals surface area contributed by atoms with Crippen molar-refractivity contribution in [2.45, 2.75) is 18.9 Å². The van der Waals surface area contributed by atoms with Crippen molar-refractivity contribution in [3.63, 3.8) is 0 Å². The van der Waals surface area contributed by atoms with E-state index in [4.69, 9.17) is 23.2 Å². The third kappa shape index (κ3) is 6.04. The third-order valence-corrected chi connectivity index (χ3v) is 5.10. The fourth-order valence-electron chi connectivity index (χ4n) is 2.58. The highest BCUT2D eigenvalue weighted by Gasteiger charge is 2.27. The van der Waals surface area contributed by atoms with Crippen molar-refractivity contribution in [3.05, 3.63) is 70.2 Å². The monoisotopic (exact) mass is 381 g/mol. The fraction of sp³-hybridized carbons (Fsp3) is 0.316. The van der Waals surface area contributed by atoms with Gasteiger partial charge in [0.15, 0.2) is 0 Å². The van der Waals surface area contributed by atoms with Crippen LogP contribution < -0.4 is 5.32 Å². The summed E-state index contributed by atoms with van der Waals surface area (Å²) in [5.74, 6) is 1.28. The quantitative estimate of drug-likeness (QED) is 0.748. The van der Waals surface area contributed by atoms with E-state index < -0.39 is 0 Å². The Bertz CT molecular complexity index is 634. The molecule has 1 amide bonds. The van der Waals surface area contributed by atoms with E-state index in [1.54, 1.807) is 11.8 Å². The Morgan fingerprint density at radius 3 is 2.12 bits per heavy atom. The largest absolute Gasteiger partial charge is 0.349 e. The number of nitrogens with one attached hydrogen (secondary N) is 1. The van der Waals surface area contributed by atoms with E-state index in [9.17, 15) is 4.79 Å². The zero-order valence-corrected chi connectivity index (χ0v) is 15.9. The molecule has 1 fully saturated rings. The van der Waals surface area contributed by atoms with Crippen molar-refractivity contribution < 1.29 is 4.79 Å². The van der Waals surface area contributed by atoms with Crippen LogP contribution in [0.25, 0.3) is 0 Å². The van der Waals surface area contributed by atoms with Crippen LogP contribution in [-0.2, 0) is 4.79 Å². The van der Waals surface area contributed by atoms with E-state index in [1.165, 1.54) is 0 Å². The molecule has 0 aliphatic carbocycles. The first kappa shape index (κ1) is 19.2. The zero-order chi connectivity index (χ0) is 17.4. The Hall–Kier alpha value is -1.16. The number of hydrogen-bond donors (Lipinski definition) is 1. The lowest BCUT2D eigenvalue weighted by Gasteiger charge is -2.29. The normalized spacial score (nSPS) is 19.9. The number of carbonyl (C=O) groups excluding carboxylic acids is 1. The summed E-state index contributed by atoms with van der Waals surface area (Å²) in [5.41, 5.74) is 1.14. The van der Waals surface area contributed by atoms with Gasteiger partial charge in [0.25, 0.3) is 0 Å². The van der Waals surface area contributed by atoms with Gasteiger partial charge in [-0.15, -0.1) is 0 Å². The molecule has 1 saturated heterocycles. The van der Waals surface area contributed by atoms with Crippen LogP contribution in [0.1, 0.15) is 24.4 Å². The lowest BCUT2D eigenvalue weighted by molar-refractivity contribution is -0.127. The minimum absolute atomic E-state index is 0.151. The second-order valence-electron chi connectivity index (χ2n) is 5.64. The van der Waals surface area contributed by atoms with Crippen LogP contribution in [0.4, 0.5) is 0 Å². The molecular weight excluding hydrogens is 361 g/mol. The number of piperidine rings is 1. The summed E-state index contributed by atoms with van der Waals surface area (Å²) < 4.78 is 0. The Kier molecular flexibility index (Phi) is 7.97.